The van der Waals surface area contributed by atoms with Crippen LogP contribution in [0.3, 0.4) is 0 Å². The van der Waals surface area contributed by atoms with Crippen LogP contribution in [0.25, 0.3) is 10.2 Å². The van der Waals surface area contributed by atoms with Crippen LogP contribution in [0.2, 0.25) is 0 Å². The summed E-state index contributed by atoms with van der Waals surface area (Å²) in [6.45, 7) is 0. The molecule has 2 rings (SSSR count). The van der Waals surface area contributed by atoms with Crippen LogP contribution in [0, 0.1) is 11.6 Å². The van der Waals surface area contributed by atoms with Crippen LogP contribution in [-0.2, 0) is 0 Å². The van der Waals surface area contributed by atoms with E-state index in [1.807, 2.05) is 0 Å². The Hall–Kier alpha value is -1.76. The number of nitrogens with two attached hydrogens (primary N) is 1. The van der Waals surface area contributed by atoms with Crippen molar-refractivity contribution in [1.82, 2.24) is 4.98 Å². The monoisotopic (exact) mass is 230 g/mol. The van der Waals surface area contributed by atoms with Crippen molar-refractivity contribution in [3.8, 4) is 0 Å². The molecule has 0 spiro atoms. The Morgan fingerprint density at radius 1 is 1.47 bits per heavy atom. The van der Waals surface area contributed by atoms with Gasteiger partial charge in [0.1, 0.15) is 16.9 Å². The molecule has 0 fully saturated rings. The number of rotatable bonds is 1. The molecule has 0 aliphatic carbocycles. The Bertz CT molecular complexity index is 567. The molecule has 2 aromatic rings. The van der Waals surface area contributed by atoms with Gasteiger partial charge < -0.3 is 10.8 Å². The van der Waals surface area contributed by atoms with Crippen LogP contribution in [0.1, 0.15) is 10.4 Å². The van der Waals surface area contributed by atoms with E-state index in [4.69, 9.17) is 10.8 Å². The van der Waals surface area contributed by atoms with Gasteiger partial charge in [-0.05, 0) is 0 Å². The van der Waals surface area contributed by atoms with Gasteiger partial charge in [-0.25, -0.2) is 18.6 Å². The number of hydrogen-bond donors (Lipinski definition) is 2. The van der Waals surface area contributed by atoms with Crippen molar-refractivity contribution >= 4 is 32.7 Å². The molecule has 0 saturated heterocycles. The Morgan fingerprint density at radius 2 is 2.13 bits per heavy atom. The number of carboxylic acids is 1. The molecule has 1 aromatic heterocycles. The zero-order valence-corrected chi connectivity index (χ0v) is 7.94. The lowest BCUT2D eigenvalue weighted by Crippen LogP contribution is -2.01. The van der Waals surface area contributed by atoms with Gasteiger partial charge in [-0.1, -0.05) is 11.3 Å². The molecule has 1 aromatic carbocycles. The third kappa shape index (κ3) is 1.40. The quantitative estimate of drug-likeness (QED) is 0.783. The van der Waals surface area contributed by atoms with Gasteiger partial charge in [0, 0.05) is 6.07 Å². The van der Waals surface area contributed by atoms with Crippen LogP contribution in [-0.4, -0.2) is 16.1 Å². The summed E-state index contributed by atoms with van der Waals surface area (Å²) in [5.41, 5.74) is 4.50. The highest BCUT2D eigenvalue weighted by Crippen LogP contribution is 2.31. The van der Waals surface area contributed by atoms with Crippen LogP contribution in [0.5, 0.6) is 0 Å². The number of benzene rings is 1. The molecule has 0 aliphatic heterocycles. The third-order valence-electron chi connectivity index (χ3n) is 1.80. The van der Waals surface area contributed by atoms with Gasteiger partial charge in [0.2, 0.25) is 0 Å². The van der Waals surface area contributed by atoms with E-state index < -0.39 is 23.2 Å². The van der Waals surface area contributed by atoms with E-state index in [9.17, 15) is 13.6 Å². The van der Waals surface area contributed by atoms with E-state index in [0.717, 1.165) is 11.3 Å². The Labute approximate surface area is 86.0 Å². The van der Waals surface area contributed by atoms with Crippen molar-refractivity contribution in [2.24, 2.45) is 0 Å². The summed E-state index contributed by atoms with van der Waals surface area (Å²) in [5.74, 6) is -3.52. The maximum absolute atomic E-state index is 13.2. The highest BCUT2D eigenvalue weighted by molar-refractivity contribution is 7.22. The minimum absolute atomic E-state index is 0.00278. The van der Waals surface area contributed by atoms with E-state index in [2.05, 4.69) is 4.98 Å². The smallest absolute Gasteiger partial charge is 0.340 e. The number of aromatic carboxylic acids is 1. The average Bonchev–Trinajstić information content (AvgIpc) is 2.45. The maximum atomic E-state index is 13.2. The molecule has 0 amide bonds. The van der Waals surface area contributed by atoms with Crippen molar-refractivity contribution in [1.29, 1.82) is 0 Å². The first-order chi connectivity index (χ1) is 7.00. The van der Waals surface area contributed by atoms with Crippen LogP contribution >= 0.6 is 11.3 Å². The predicted molar refractivity (Wildman–Crippen MR) is 50.9 cm³/mol. The van der Waals surface area contributed by atoms with E-state index in [0.29, 0.717) is 6.07 Å². The summed E-state index contributed by atoms with van der Waals surface area (Å²) in [5, 5.41) is 8.74. The number of halogens is 2. The number of thiazole rings is 1. The molecule has 15 heavy (non-hydrogen) atoms. The van der Waals surface area contributed by atoms with E-state index in [1.54, 1.807) is 0 Å². The number of carbonyl (C=O) groups is 1. The molecule has 78 valence electrons. The zero-order valence-electron chi connectivity index (χ0n) is 7.12. The fourth-order valence-corrected chi connectivity index (χ4v) is 2.10. The van der Waals surface area contributed by atoms with Gasteiger partial charge in [0.05, 0.1) is 4.70 Å². The molecule has 7 heteroatoms. The lowest BCUT2D eigenvalue weighted by molar-refractivity contribution is 0.0694. The van der Waals surface area contributed by atoms with E-state index >= 15 is 0 Å². The summed E-state index contributed by atoms with van der Waals surface area (Å²) in [7, 11) is 0. The molecule has 0 radical (unpaired) electrons. The number of carboxylic acid groups (broad SMARTS) is 1. The average molecular weight is 230 g/mol. The maximum Gasteiger partial charge on any atom is 0.340 e. The Kier molecular flexibility index (Phi) is 2.04. The summed E-state index contributed by atoms with van der Waals surface area (Å²) < 4.78 is 26.2. The van der Waals surface area contributed by atoms with Crippen molar-refractivity contribution in [2.45, 2.75) is 0 Å². The largest absolute Gasteiger partial charge is 0.478 e. The normalized spacial score (nSPS) is 10.8. The van der Waals surface area contributed by atoms with Crippen molar-refractivity contribution < 1.29 is 18.7 Å². The van der Waals surface area contributed by atoms with Crippen molar-refractivity contribution in [3.05, 3.63) is 23.3 Å². The van der Waals surface area contributed by atoms with Crippen LogP contribution in [0.15, 0.2) is 6.07 Å². The summed E-state index contributed by atoms with van der Waals surface area (Å²) in [6, 6.07) is 0.491. The predicted octanol–water partition coefficient (Wildman–Crippen LogP) is 1.85. The topological polar surface area (TPSA) is 76.2 Å². The summed E-state index contributed by atoms with van der Waals surface area (Å²) in [4.78, 5) is 14.3. The molecule has 0 aliphatic rings. The second-order valence-electron chi connectivity index (χ2n) is 2.75. The minimum Gasteiger partial charge on any atom is -0.478 e. The second kappa shape index (κ2) is 3.13. The molecular weight excluding hydrogens is 226 g/mol. The molecule has 1 heterocycles. The van der Waals surface area contributed by atoms with Gasteiger partial charge in [0.15, 0.2) is 10.9 Å². The first kappa shape index (κ1) is 9.78. The molecule has 4 nitrogen and oxygen atoms in total. The molecular formula is C8H4F2N2O2S. The van der Waals surface area contributed by atoms with Crippen molar-refractivity contribution in [2.75, 3.05) is 5.73 Å². The lowest BCUT2D eigenvalue weighted by atomic mass is 10.2. The highest BCUT2D eigenvalue weighted by Gasteiger charge is 2.21. The standard InChI is InChI=1S/C8H4F2N2O2S/c9-2-1-3(10)5-6(4(2)7(13)14)15-8(11)12-5/h1H,(H2,11,12)(H,13,14). The minimum atomic E-state index is -1.47. The van der Waals surface area contributed by atoms with E-state index in [-0.39, 0.29) is 15.3 Å². The molecule has 0 unspecified atom stereocenters. The van der Waals surface area contributed by atoms with Gasteiger partial charge in [-0.15, -0.1) is 0 Å². The first-order valence-electron chi connectivity index (χ1n) is 3.78. The number of anilines is 1. The zero-order chi connectivity index (χ0) is 11.2. The third-order valence-corrected chi connectivity index (χ3v) is 2.71. The first-order valence-corrected chi connectivity index (χ1v) is 4.59. The van der Waals surface area contributed by atoms with Crippen LogP contribution in [0.4, 0.5) is 13.9 Å². The van der Waals surface area contributed by atoms with Gasteiger partial charge in [0.25, 0.3) is 0 Å². The Morgan fingerprint density at radius 3 is 2.73 bits per heavy atom. The van der Waals surface area contributed by atoms with Gasteiger partial charge in [-0.3, -0.25) is 0 Å². The second-order valence-corrected chi connectivity index (χ2v) is 3.78. The number of aromatic nitrogens is 1. The summed E-state index contributed by atoms with van der Waals surface area (Å²) >= 11 is 0.741. The Balaban J connectivity index is 2.95. The fraction of sp³-hybridized carbons (Fsp3) is 0. The van der Waals surface area contributed by atoms with Crippen molar-refractivity contribution in [3.63, 3.8) is 0 Å². The number of fused-ring (bicyclic) bond motifs is 1. The van der Waals surface area contributed by atoms with Crippen LogP contribution < -0.4 is 5.73 Å². The molecule has 3 N–H and O–H groups in total. The number of nitrogens with zero attached hydrogens (tertiary/aromatic N) is 1. The highest BCUT2D eigenvalue weighted by atomic mass is 32.1. The number of hydrogen-bond acceptors (Lipinski definition) is 4. The SMILES string of the molecule is Nc1nc2c(F)cc(F)c(C(=O)O)c2s1. The van der Waals surface area contributed by atoms with Gasteiger partial charge >= 0.3 is 5.97 Å². The van der Waals surface area contributed by atoms with E-state index in [1.165, 1.54) is 0 Å². The molecule has 0 atom stereocenters. The van der Waals surface area contributed by atoms with Gasteiger partial charge in [-0.2, -0.15) is 0 Å². The summed E-state index contributed by atoms with van der Waals surface area (Å²) in [6.07, 6.45) is 0. The lowest BCUT2D eigenvalue weighted by Gasteiger charge is -1.98. The molecule has 0 bridgehead atoms. The molecule has 0 saturated carbocycles. The number of nitrogen functional groups attached to an aromatic ring is 1. The fourth-order valence-electron chi connectivity index (χ4n) is 1.23.